The summed E-state index contributed by atoms with van der Waals surface area (Å²) in [7, 11) is 0. The summed E-state index contributed by atoms with van der Waals surface area (Å²) < 4.78 is 24.6. The molecule has 0 fully saturated rings. The number of H-pyrrole nitrogens is 1. The van der Waals surface area contributed by atoms with E-state index >= 15 is 0 Å². The second-order valence-electron chi connectivity index (χ2n) is 9.88. The van der Waals surface area contributed by atoms with Gasteiger partial charge in [-0.05, 0) is 60.0 Å². The maximum absolute atomic E-state index is 13.4. The van der Waals surface area contributed by atoms with Gasteiger partial charge in [0.25, 0.3) is 0 Å². The van der Waals surface area contributed by atoms with Crippen molar-refractivity contribution in [2.45, 2.75) is 25.8 Å². The number of carbonyl (C=O) groups excluding carboxylic acids is 1. The van der Waals surface area contributed by atoms with Gasteiger partial charge in [-0.3, -0.25) is 4.79 Å². The van der Waals surface area contributed by atoms with Crippen LogP contribution in [0.5, 0.6) is 5.75 Å². The standard InChI is InChI=1S/C31H23FN2O7/c1-15-20-10-23-24(16-2-4-18(32)5-3-16)14-40-27(23)12-28(20)41-31(39)21(15)11-29(36)34-26(30(37)38)8-17-13-33-25-7-6-19(35)9-22(17)25/h2-7,9-10,12-14,26,33,35H,8,11H2,1H3,(H,34,36)(H,37,38)/t26-/m1/s1. The van der Waals surface area contributed by atoms with Crippen LogP contribution in [0.4, 0.5) is 4.39 Å². The Kier molecular flexibility index (Phi) is 6.30. The molecular weight excluding hydrogens is 531 g/mol. The highest BCUT2D eigenvalue weighted by atomic mass is 19.1. The van der Waals surface area contributed by atoms with Crippen LogP contribution in [-0.2, 0) is 22.4 Å². The molecule has 9 nitrogen and oxygen atoms in total. The van der Waals surface area contributed by atoms with Crippen molar-refractivity contribution in [2.24, 2.45) is 0 Å². The third-order valence-electron chi connectivity index (χ3n) is 7.28. The zero-order valence-corrected chi connectivity index (χ0v) is 21.7. The molecule has 206 valence electrons. The molecule has 4 N–H and O–H groups in total. The zero-order valence-electron chi connectivity index (χ0n) is 21.7. The Morgan fingerprint density at radius 3 is 2.56 bits per heavy atom. The van der Waals surface area contributed by atoms with Crippen molar-refractivity contribution >= 4 is 44.7 Å². The molecule has 3 aromatic carbocycles. The smallest absolute Gasteiger partial charge is 0.340 e. The van der Waals surface area contributed by atoms with Crippen LogP contribution in [0.3, 0.4) is 0 Å². The Labute approximate surface area is 230 Å². The van der Waals surface area contributed by atoms with E-state index in [1.165, 1.54) is 24.3 Å². The van der Waals surface area contributed by atoms with E-state index in [0.717, 1.165) is 11.1 Å². The molecule has 10 heteroatoms. The largest absolute Gasteiger partial charge is 0.508 e. The van der Waals surface area contributed by atoms with Crippen molar-refractivity contribution < 1.29 is 33.0 Å². The summed E-state index contributed by atoms with van der Waals surface area (Å²) in [6, 6.07) is 12.8. The quantitative estimate of drug-likeness (QED) is 0.199. The molecule has 0 aliphatic carbocycles. The first-order valence-corrected chi connectivity index (χ1v) is 12.7. The Morgan fingerprint density at radius 1 is 1.02 bits per heavy atom. The number of aromatic nitrogens is 1. The normalized spacial score (nSPS) is 12.2. The Morgan fingerprint density at radius 2 is 1.80 bits per heavy atom. The van der Waals surface area contributed by atoms with Crippen LogP contribution in [-0.4, -0.2) is 33.1 Å². The average Bonchev–Trinajstić information content (AvgIpc) is 3.53. The van der Waals surface area contributed by atoms with Gasteiger partial charge in [-0.1, -0.05) is 12.1 Å². The maximum Gasteiger partial charge on any atom is 0.340 e. The number of phenolic OH excluding ortho intramolecular Hbond substituents is 1. The van der Waals surface area contributed by atoms with E-state index in [0.29, 0.717) is 38.4 Å². The summed E-state index contributed by atoms with van der Waals surface area (Å²) in [5.74, 6) is -2.24. The lowest BCUT2D eigenvalue weighted by Crippen LogP contribution is -2.43. The number of phenols is 1. The predicted molar refractivity (Wildman–Crippen MR) is 149 cm³/mol. The topological polar surface area (TPSA) is 146 Å². The molecule has 6 rings (SSSR count). The number of aromatic amines is 1. The number of amides is 1. The minimum Gasteiger partial charge on any atom is -0.508 e. The number of fused-ring (bicyclic) bond motifs is 3. The first-order chi connectivity index (χ1) is 19.7. The maximum atomic E-state index is 13.4. The van der Waals surface area contributed by atoms with Crippen molar-refractivity contribution in [3.63, 3.8) is 0 Å². The van der Waals surface area contributed by atoms with E-state index in [1.807, 2.05) is 0 Å². The Hall–Kier alpha value is -5.38. The highest BCUT2D eigenvalue weighted by molar-refractivity contribution is 6.02. The minimum absolute atomic E-state index is 0.0326. The molecule has 0 saturated carbocycles. The summed E-state index contributed by atoms with van der Waals surface area (Å²) >= 11 is 0. The molecule has 0 aliphatic heterocycles. The van der Waals surface area contributed by atoms with Gasteiger partial charge in [0.2, 0.25) is 5.91 Å². The van der Waals surface area contributed by atoms with Gasteiger partial charge < -0.3 is 29.3 Å². The van der Waals surface area contributed by atoms with Crippen molar-refractivity contribution in [3.8, 4) is 16.9 Å². The molecule has 0 radical (unpaired) electrons. The number of furan rings is 1. The highest BCUT2D eigenvalue weighted by Crippen LogP contribution is 2.34. The number of carboxylic acid groups (broad SMARTS) is 1. The van der Waals surface area contributed by atoms with E-state index in [4.69, 9.17) is 8.83 Å². The number of rotatable bonds is 7. The Bertz CT molecular complexity index is 2040. The van der Waals surface area contributed by atoms with Crippen molar-refractivity contribution in [1.29, 1.82) is 0 Å². The average molecular weight is 555 g/mol. The number of carboxylic acids is 1. The monoisotopic (exact) mass is 554 g/mol. The number of halogens is 1. The fraction of sp³-hybridized carbons (Fsp3) is 0.129. The molecule has 1 atom stereocenters. The highest BCUT2D eigenvalue weighted by Gasteiger charge is 2.24. The van der Waals surface area contributed by atoms with Gasteiger partial charge in [-0.15, -0.1) is 0 Å². The molecule has 6 aromatic rings. The van der Waals surface area contributed by atoms with Crippen LogP contribution < -0.4 is 10.9 Å². The van der Waals surface area contributed by atoms with Crippen molar-refractivity contribution in [3.05, 3.63) is 100.0 Å². The van der Waals surface area contributed by atoms with Gasteiger partial charge >= 0.3 is 11.6 Å². The molecule has 0 unspecified atom stereocenters. The van der Waals surface area contributed by atoms with Crippen molar-refractivity contribution in [1.82, 2.24) is 10.3 Å². The van der Waals surface area contributed by atoms with Gasteiger partial charge in [-0.2, -0.15) is 0 Å². The van der Waals surface area contributed by atoms with E-state index in [2.05, 4.69) is 10.3 Å². The Balaban J connectivity index is 1.29. The van der Waals surface area contributed by atoms with Crippen LogP contribution in [0.2, 0.25) is 0 Å². The molecule has 0 spiro atoms. The number of benzene rings is 3. The molecule has 0 saturated heterocycles. The molecule has 3 aromatic heterocycles. The van der Waals surface area contributed by atoms with E-state index < -0.39 is 30.0 Å². The number of nitrogens with one attached hydrogen (secondary N) is 2. The lowest BCUT2D eigenvalue weighted by Gasteiger charge is -2.15. The summed E-state index contributed by atoms with van der Waals surface area (Å²) in [5.41, 5.74) is 3.42. The molecule has 3 heterocycles. The van der Waals surface area contributed by atoms with Gasteiger partial charge in [-0.25, -0.2) is 14.0 Å². The number of hydrogen-bond acceptors (Lipinski definition) is 6. The predicted octanol–water partition coefficient (Wildman–Crippen LogP) is 5.20. The summed E-state index contributed by atoms with van der Waals surface area (Å²) in [6.07, 6.45) is 2.74. The van der Waals surface area contributed by atoms with Gasteiger partial charge in [0.05, 0.1) is 18.2 Å². The minimum atomic E-state index is -1.28. The van der Waals surface area contributed by atoms with Crippen LogP contribution >= 0.6 is 0 Å². The number of aryl methyl sites for hydroxylation is 1. The third kappa shape index (κ3) is 4.80. The lowest BCUT2D eigenvalue weighted by molar-refractivity contribution is -0.141. The number of aromatic hydroxyl groups is 1. The summed E-state index contributed by atoms with van der Waals surface area (Å²) in [6.45, 7) is 1.69. The van der Waals surface area contributed by atoms with Gasteiger partial charge in [0.1, 0.15) is 28.8 Å². The molecule has 1 amide bonds. The number of carbonyl (C=O) groups is 2. The second kappa shape index (κ2) is 9.98. The fourth-order valence-electron chi connectivity index (χ4n) is 5.13. The first-order valence-electron chi connectivity index (χ1n) is 12.7. The van der Waals surface area contributed by atoms with Crippen LogP contribution in [0, 0.1) is 12.7 Å². The zero-order chi connectivity index (χ0) is 28.8. The van der Waals surface area contributed by atoms with E-state index in [9.17, 15) is 29.0 Å². The molecular formula is C31H23FN2O7. The number of hydrogen-bond donors (Lipinski definition) is 4. The molecule has 0 bridgehead atoms. The summed E-state index contributed by atoms with van der Waals surface area (Å²) in [5, 5.41) is 24.1. The second-order valence-corrected chi connectivity index (χ2v) is 9.88. The van der Waals surface area contributed by atoms with E-state index in [-0.39, 0.29) is 29.1 Å². The first kappa shape index (κ1) is 25.9. The van der Waals surface area contributed by atoms with Gasteiger partial charge in [0, 0.05) is 45.9 Å². The molecule has 0 aliphatic rings. The lowest BCUT2D eigenvalue weighted by atomic mass is 9.99. The third-order valence-corrected chi connectivity index (χ3v) is 7.28. The van der Waals surface area contributed by atoms with Gasteiger partial charge in [0.15, 0.2) is 0 Å². The van der Waals surface area contributed by atoms with Crippen LogP contribution in [0.15, 0.2) is 80.7 Å². The van der Waals surface area contributed by atoms with Crippen LogP contribution in [0.1, 0.15) is 16.7 Å². The fourth-order valence-corrected chi connectivity index (χ4v) is 5.13. The van der Waals surface area contributed by atoms with Crippen molar-refractivity contribution in [2.75, 3.05) is 0 Å². The van der Waals surface area contributed by atoms with E-state index in [1.54, 1.807) is 49.7 Å². The summed E-state index contributed by atoms with van der Waals surface area (Å²) in [4.78, 5) is 40.9. The molecule has 41 heavy (non-hydrogen) atoms. The number of aliphatic carboxylic acids is 1. The van der Waals surface area contributed by atoms with Crippen LogP contribution in [0.25, 0.3) is 44.0 Å². The SMILES string of the molecule is Cc1c(CC(=O)N[C@H](Cc2c[nH]c3ccc(O)cc23)C(=O)O)c(=O)oc2cc3occ(-c4ccc(F)cc4)c3cc12.